The Morgan fingerprint density at radius 3 is 2.68 bits per heavy atom. The highest BCUT2D eigenvalue weighted by molar-refractivity contribution is 6.38. The normalized spacial score (nSPS) is 18.6. The Morgan fingerprint density at radius 2 is 2.03 bits per heavy atom. The number of ether oxygens (including phenoxy) is 1. The number of aromatic nitrogens is 2. The van der Waals surface area contributed by atoms with Gasteiger partial charge in [-0.3, -0.25) is 19.1 Å². The molecular weight excluding hydrogens is 402 g/mol. The van der Waals surface area contributed by atoms with Crippen molar-refractivity contribution in [2.24, 2.45) is 11.3 Å². The number of carbonyl (C=O) groups excluding carboxylic acids is 4. The highest BCUT2D eigenvalue weighted by Crippen LogP contribution is 2.13. The molecule has 2 bridgehead atoms. The SMILES string of the molecule is CC(C)C(NC(=O)OCC(C)(C)C)C(=O)NC1CCc2cnn(c2)CCNC(=O)C1=O. The standard InChI is InChI=1S/C21H33N5O5/c1-13(2)16(25-20(30)31-12-21(3,4)5)18(28)24-15-7-6-14-10-23-26(11-14)9-8-22-19(29)17(15)27/h10-11,13,15-16H,6-9,12H2,1-5H3,(H,22,29)(H,24,28)(H,25,30). The molecule has 3 N–H and O–H groups in total. The molecule has 1 aromatic heterocycles. The van der Waals surface area contributed by atoms with E-state index in [0.717, 1.165) is 5.56 Å². The summed E-state index contributed by atoms with van der Waals surface area (Å²) < 4.78 is 6.89. The Bertz CT molecular complexity index is 811. The average Bonchev–Trinajstić information content (AvgIpc) is 3.12. The summed E-state index contributed by atoms with van der Waals surface area (Å²) in [5.41, 5.74) is 0.695. The fourth-order valence-electron chi connectivity index (χ4n) is 3.01. The van der Waals surface area contributed by atoms with Crippen LogP contribution in [0.5, 0.6) is 0 Å². The van der Waals surface area contributed by atoms with Crippen molar-refractivity contribution >= 4 is 23.7 Å². The molecule has 0 saturated heterocycles. The first-order valence-corrected chi connectivity index (χ1v) is 10.5. The Balaban J connectivity index is 2.07. The Morgan fingerprint density at radius 1 is 1.32 bits per heavy atom. The molecule has 0 aliphatic carbocycles. The first-order chi connectivity index (χ1) is 14.5. The monoisotopic (exact) mass is 435 g/mol. The molecule has 2 rings (SSSR count). The number of aryl methyl sites for hydroxylation is 1. The van der Waals surface area contributed by atoms with Crippen LogP contribution >= 0.6 is 0 Å². The number of Topliss-reactive ketones (excluding diaryl/α,β-unsaturated/α-hetero) is 1. The minimum atomic E-state index is -1.01. The molecule has 1 aliphatic heterocycles. The third-order valence-electron chi connectivity index (χ3n) is 4.75. The predicted octanol–water partition coefficient (Wildman–Crippen LogP) is 0.796. The minimum Gasteiger partial charge on any atom is -0.449 e. The maximum Gasteiger partial charge on any atom is 0.407 e. The summed E-state index contributed by atoms with van der Waals surface area (Å²) in [6.45, 7) is 10.2. The summed E-state index contributed by atoms with van der Waals surface area (Å²) >= 11 is 0. The third-order valence-corrected chi connectivity index (χ3v) is 4.75. The van der Waals surface area contributed by atoms with Gasteiger partial charge in [-0.15, -0.1) is 0 Å². The Kier molecular flexibility index (Phi) is 8.18. The zero-order valence-corrected chi connectivity index (χ0v) is 18.9. The number of hydrogen-bond acceptors (Lipinski definition) is 6. The summed E-state index contributed by atoms with van der Waals surface area (Å²) in [4.78, 5) is 49.9. The van der Waals surface area contributed by atoms with Crippen molar-refractivity contribution in [1.29, 1.82) is 0 Å². The van der Waals surface area contributed by atoms with Gasteiger partial charge in [0.1, 0.15) is 6.04 Å². The van der Waals surface area contributed by atoms with E-state index in [0.29, 0.717) is 13.0 Å². The maximum atomic E-state index is 12.9. The molecular formula is C21H33N5O5. The lowest BCUT2D eigenvalue weighted by Gasteiger charge is -2.25. The molecule has 1 aliphatic rings. The van der Waals surface area contributed by atoms with Crippen LogP contribution in [0, 0.1) is 11.3 Å². The fourth-order valence-corrected chi connectivity index (χ4v) is 3.01. The molecule has 0 fully saturated rings. The number of hydrogen-bond donors (Lipinski definition) is 3. The van der Waals surface area contributed by atoms with E-state index in [9.17, 15) is 19.2 Å². The van der Waals surface area contributed by atoms with Crippen LogP contribution in [0.3, 0.4) is 0 Å². The van der Waals surface area contributed by atoms with E-state index in [1.165, 1.54) is 0 Å². The summed E-state index contributed by atoms with van der Waals surface area (Å²) in [5, 5.41) is 12.0. The van der Waals surface area contributed by atoms with Gasteiger partial charge in [-0.25, -0.2) is 4.79 Å². The van der Waals surface area contributed by atoms with Crippen molar-refractivity contribution in [2.75, 3.05) is 13.2 Å². The van der Waals surface area contributed by atoms with E-state index in [2.05, 4.69) is 21.0 Å². The van der Waals surface area contributed by atoms with Crippen LogP contribution in [0.15, 0.2) is 12.4 Å². The molecule has 3 amide bonds. The minimum absolute atomic E-state index is 0.195. The van der Waals surface area contributed by atoms with Crippen molar-refractivity contribution in [2.45, 2.75) is 66.1 Å². The molecule has 0 aromatic carbocycles. The zero-order valence-electron chi connectivity index (χ0n) is 18.9. The predicted molar refractivity (Wildman–Crippen MR) is 113 cm³/mol. The van der Waals surface area contributed by atoms with Crippen molar-refractivity contribution in [1.82, 2.24) is 25.7 Å². The van der Waals surface area contributed by atoms with Gasteiger partial charge < -0.3 is 20.7 Å². The number of nitrogens with zero attached hydrogens (tertiary/aromatic N) is 2. The van der Waals surface area contributed by atoms with Crippen LogP contribution in [0.25, 0.3) is 0 Å². The van der Waals surface area contributed by atoms with Gasteiger partial charge in [-0.2, -0.15) is 5.10 Å². The van der Waals surface area contributed by atoms with Gasteiger partial charge in [0.25, 0.3) is 5.91 Å². The molecule has 10 heteroatoms. The Labute approximate surface area is 182 Å². The van der Waals surface area contributed by atoms with E-state index in [1.807, 2.05) is 27.0 Å². The van der Waals surface area contributed by atoms with Gasteiger partial charge in [0.05, 0.1) is 25.4 Å². The lowest BCUT2D eigenvalue weighted by atomic mass is 9.99. The van der Waals surface area contributed by atoms with Gasteiger partial charge in [-0.1, -0.05) is 34.6 Å². The number of fused-ring (bicyclic) bond motifs is 2. The second-order valence-electron chi connectivity index (χ2n) is 9.33. The molecule has 0 spiro atoms. The molecule has 2 unspecified atom stereocenters. The number of ketones is 1. The zero-order chi connectivity index (χ0) is 23.2. The lowest BCUT2D eigenvalue weighted by molar-refractivity contribution is -0.140. The van der Waals surface area contributed by atoms with Gasteiger partial charge in [0.15, 0.2) is 0 Å². The summed E-state index contributed by atoms with van der Waals surface area (Å²) in [5.74, 6) is -2.26. The first kappa shape index (κ1) is 24.4. The molecule has 0 saturated carbocycles. The van der Waals surface area contributed by atoms with Crippen LogP contribution < -0.4 is 16.0 Å². The number of amides is 3. The molecule has 10 nitrogen and oxygen atoms in total. The number of carbonyl (C=O) groups is 4. The quantitative estimate of drug-likeness (QED) is 0.586. The van der Waals surface area contributed by atoms with Crippen LogP contribution in [0.1, 0.15) is 46.6 Å². The van der Waals surface area contributed by atoms with Gasteiger partial charge >= 0.3 is 6.09 Å². The number of rotatable bonds is 5. The van der Waals surface area contributed by atoms with Crippen molar-refractivity contribution in [3.63, 3.8) is 0 Å². The average molecular weight is 436 g/mol. The second-order valence-corrected chi connectivity index (χ2v) is 9.33. The highest BCUT2D eigenvalue weighted by Gasteiger charge is 2.32. The molecule has 1 aromatic rings. The summed E-state index contributed by atoms with van der Waals surface area (Å²) in [7, 11) is 0. The molecule has 31 heavy (non-hydrogen) atoms. The van der Waals surface area contributed by atoms with E-state index >= 15 is 0 Å². The van der Waals surface area contributed by atoms with Gasteiger partial charge in [0.2, 0.25) is 11.7 Å². The van der Waals surface area contributed by atoms with Gasteiger partial charge in [-0.05, 0) is 29.7 Å². The van der Waals surface area contributed by atoms with Crippen LogP contribution in [-0.2, 0) is 32.1 Å². The Hall–Kier alpha value is -2.91. The van der Waals surface area contributed by atoms with E-state index in [-0.39, 0.29) is 30.9 Å². The topological polar surface area (TPSA) is 131 Å². The van der Waals surface area contributed by atoms with Crippen molar-refractivity contribution in [3.8, 4) is 0 Å². The summed E-state index contributed by atoms with van der Waals surface area (Å²) in [6, 6.07) is -1.92. The smallest absolute Gasteiger partial charge is 0.407 e. The number of alkyl carbamates (subject to hydrolysis) is 1. The van der Waals surface area contributed by atoms with Crippen molar-refractivity contribution in [3.05, 3.63) is 18.0 Å². The third kappa shape index (κ3) is 7.69. The molecule has 2 atom stereocenters. The van der Waals surface area contributed by atoms with Gasteiger partial charge in [0, 0.05) is 12.7 Å². The van der Waals surface area contributed by atoms with E-state index in [1.54, 1.807) is 24.7 Å². The molecule has 172 valence electrons. The molecule has 2 heterocycles. The van der Waals surface area contributed by atoms with Crippen LogP contribution in [0.2, 0.25) is 0 Å². The molecule has 0 radical (unpaired) electrons. The second kappa shape index (κ2) is 10.4. The fraction of sp³-hybridized carbons (Fsp3) is 0.667. The van der Waals surface area contributed by atoms with Crippen LogP contribution in [0.4, 0.5) is 4.79 Å². The van der Waals surface area contributed by atoms with E-state index in [4.69, 9.17) is 4.74 Å². The van der Waals surface area contributed by atoms with E-state index < -0.39 is 35.8 Å². The maximum absolute atomic E-state index is 12.9. The largest absolute Gasteiger partial charge is 0.449 e. The number of nitrogens with one attached hydrogen (secondary N) is 3. The summed E-state index contributed by atoms with van der Waals surface area (Å²) in [6.07, 6.45) is 3.56. The van der Waals surface area contributed by atoms with Crippen molar-refractivity contribution < 1.29 is 23.9 Å². The lowest BCUT2D eigenvalue weighted by Crippen LogP contribution is -2.55. The highest BCUT2D eigenvalue weighted by atomic mass is 16.5. The van der Waals surface area contributed by atoms with Crippen LogP contribution in [-0.4, -0.2) is 58.7 Å². The first-order valence-electron chi connectivity index (χ1n) is 10.5.